The number of hydrogen-bond donors (Lipinski definition) is 1. The third-order valence-electron chi connectivity index (χ3n) is 5.38. The maximum atomic E-state index is 12.6. The lowest BCUT2D eigenvalue weighted by Crippen LogP contribution is -2.37. The first-order valence-corrected chi connectivity index (χ1v) is 11.1. The standard InChI is InChI=1S/C24H28BrN3O2/c1-16-11-17(2)15-28(14-16)18(3)21-12-20(25)6-7-22(21)27-24(30)9-8-23(29)19-5-4-10-26-13-19/h4-7,10,12-13,16-17H,3,8-9,11,14-15H2,1-2H3,(H,27,30)/t16-,17?/m0/s1. The van der Waals surface area contributed by atoms with Crippen LogP contribution in [0.4, 0.5) is 5.69 Å². The minimum Gasteiger partial charge on any atom is -0.371 e. The summed E-state index contributed by atoms with van der Waals surface area (Å²) in [6.45, 7) is 10.8. The van der Waals surface area contributed by atoms with Gasteiger partial charge in [0.2, 0.25) is 5.91 Å². The number of carbonyl (C=O) groups is 2. The van der Waals surface area contributed by atoms with Crippen molar-refractivity contribution in [3.8, 4) is 0 Å². The van der Waals surface area contributed by atoms with Crippen molar-refractivity contribution in [2.75, 3.05) is 18.4 Å². The maximum absolute atomic E-state index is 12.6. The summed E-state index contributed by atoms with van der Waals surface area (Å²) >= 11 is 3.53. The van der Waals surface area contributed by atoms with Crippen LogP contribution in [0.25, 0.3) is 5.70 Å². The van der Waals surface area contributed by atoms with Gasteiger partial charge in [-0.25, -0.2) is 0 Å². The molecule has 3 rings (SSSR count). The Kier molecular flexibility index (Phi) is 7.43. The van der Waals surface area contributed by atoms with Gasteiger partial charge in [-0.1, -0.05) is 36.4 Å². The largest absolute Gasteiger partial charge is 0.371 e. The smallest absolute Gasteiger partial charge is 0.224 e. The van der Waals surface area contributed by atoms with Crippen molar-refractivity contribution in [3.63, 3.8) is 0 Å². The van der Waals surface area contributed by atoms with E-state index >= 15 is 0 Å². The van der Waals surface area contributed by atoms with E-state index in [1.807, 2.05) is 18.2 Å². The van der Waals surface area contributed by atoms with Gasteiger partial charge in [-0.3, -0.25) is 14.6 Å². The van der Waals surface area contributed by atoms with E-state index in [1.165, 1.54) is 12.6 Å². The number of Topliss-reactive ketones (excluding diaryl/α,β-unsaturated/α-hetero) is 1. The molecule has 0 spiro atoms. The van der Waals surface area contributed by atoms with Crippen LogP contribution in [0.1, 0.15) is 49.0 Å². The zero-order chi connectivity index (χ0) is 21.7. The zero-order valence-corrected chi connectivity index (χ0v) is 19.1. The van der Waals surface area contributed by atoms with Crippen LogP contribution in [0.2, 0.25) is 0 Å². The fourth-order valence-corrected chi connectivity index (χ4v) is 4.39. The molecule has 158 valence electrons. The molecule has 1 N–H and O–H groups in total. The van der Waals surface area contributed by atoms with Crippen molar-refractivity contribution in [1.29, 1.82) is 0 Å². The summed E-state index contributed by atoms with van der Waals surface area (Å²) in [5, 5.41) is 2.97. The number of carbonyl (C=O) groups excluding carboxylic acids is 2. The number of anilines is 1. The maximum Gasteiger partial charge on any atom is 0.224 e. The molecule has 5 nitrogen and oxygen atoms in total. The Morgan fingerprint density at radius 1 is 1.20 bits per heavy atom. The molecule has 0 bridgehead atoms. The summed E-state index contributed by atoms with van der Waals surface area (Å²) in [4.78, 5) is 31.1. The van der Waals surface area contributed by atoms with Crippen molar-refractivity contribution in [2.45, 2.75) is 33.1 Å². The Balaban J connectivity index is 1.68. The SMILES string of the molecule is C=C(c1cc(Br)ccc1NC(=O)CCC(=O)c1cccnc1)N1CC(C)C[C@H](C)C1. The van der Waals surface area contributed by atoms with E-state index in [0.29, 0.717) is 23.1 Å². The van der Waals surface area contributed by atoms with E-state index in [4.69, 9.17) is 0 Å². The van der Waals surface area contributed by atoms with Crippen molar-refractivity contribution in [2.24, 2.45) is 11.8 Å². The van der Waals surface area contributed by atoms with Crippen LogP contribution < -0.4 is 5.32 Å². The van der Waals surface area contributed by atoms with Crippen molar-refractivity contribution in [3.05, 3.63) is 64.9 Å². The van der Waals surface area contributed by atoms with Gasteiger partial charge in [-0.2, -0.15) is 0 Å². The third-order valence-corrected chi connectivity index (χ3v) is 5.87. The molecule has 2 atom stereocenters. The van der Waals surface area contributed by atoms with E-state index in [9.17, 15) is 9.59 Å². The fourth-order valence-electron chi connectivity index (χ4n) is 4.03. The molecule has 1 aromatic carbocycles. The number of likely N-dealkylation sites (tertiary alicyclic amines) is 1. The molecule has 0 saturated carbocycles. The van der Waals surface area contributed by atoms with Crippen LogP contribution in [0.15, 0.2) is 53.8 Å². The Morgan fingerprint density at radius 2 is 1.93 bits per heavy atom. The number of amides is 1. The molecule has 2 heterocycles. The molecule has 1 aliphatic heterocycles. The molecule has 1 aliphatic rings. The predicted molar refractivity (Wildman–Crippen MR) is 124 cm³/mol. The van der Waals surface area contributed by atoms with E-state index in [1.54, 1.807) is 18.3 Å². The van der Waals surface area contributed by atoms with Crippen molar-refractivity contribution < 1.29 is 9.59 Å². The highest BCUT2D eigenvalue weighted by molar-refractivity contribution is 9.10. The number of piperidine rings is 1. The zero-order valence-electron chi connectivity index (χ0n) is 17.5. The van der Waals surface area contributed by atoms with Crippen LogP contribution in [0.3, 0.4) is 0 Å². The van der Waals surface area contributed by atoms with Gasteiger partial charge in [0, 0.05) is 59.6 Å². The first-order chi connectivity index (χ1) is 14.3. The molecule has 1 unspecified atom stereocenters. The minimum atomic E-state index is -0.191. The van der Waals surface area contributed by atoms with Crippen LogP contribution in [0.5, 0.6) is 0 Å². The van der Waals surface area contributed by atoms with Gasteiger partial charge >= 0.3 is 0 Å². The summed E-state index contributed by atoms with van der Waals surface area (Å²) < 4.78 is 0.932. The lowest BCUT2D eigenvalue weighted by atomic mass is 9.91. The molecular weight excluding hydrogens is 442 g/mol. The van der Waals surface area contributed by atoms with Gasteiger partial charge in [0.25, 0.3) is 0 Å². The first kappa shape index (κ1) is 22.2. The van der Waals surface area contributed by atoms with Crippen LogP contribution in [-0.2, 0) is 4.79 Å². The predicted octanol–water partition coefficient (Wildman–Crippen LogP) is 5.39. The van der Waals surface area contributed by atoms with E-state index in [2.05, 4.69) is 51.6 Å². The second-order valence-electron chi connectivity index (χ2n) is 8.20. The second-order valence-corrected chi connectivity index (χ2v) is 9.12. The Morgan fingerprint density at radius 3 is 2.60 bits per heavy atom. The number of ketones is 1. The highest BCUT2D eigenvalue weighted by Crippen LogP contribution is 2.33. The molecule has 0 radical (unpaired) electrons. The van der Waals surface area contributed by atoms with E-state index in [0.717, 1.165) is 28.8 Å². The Bertz CT molecular complexity index is 919. The van der Waals surface area contributed by atoms with E-state index < -0.39 is 0 Å². The molecule has 1 fully saturated rings. The van der Waals surface area contributed by atoms with Gasteiger partial charge in [0.15, 0.2) is 5.78 Å². The van der Waals surface area contributed by atoms with Crippen LogP contribution in [0, 0.1) is 11.8 Å². The molecule has 1 amide bonds. The van der Waals surface area contributed by atoms with E-state index in [-0.39, 0.29) is 24.5 Å². The summed E-state index contributed by atoms with van der Waals surface area (Å²) in [5.74, 6) is 0.933. The minimum absolute atomic E-state index is 0.0880. The molecular formula is C24H28BrN3O2. The average molecular weight is 470 g/mol. The van der Waals surface area contributed by atoms with Gasteiger partial charge in [-0.05, 0) is 48.6 Å². The van der Waals surface area contributed by atoms with Gasteiger partial charge in [0.1, 0.15) is 0 Å². The molecule has 2 aromatic rings. The van der Waals surface area contributed by atoms with Crippen molar-refractivity contribution in [1.82, 2.24) is 9.88 Å². The number of hydrogen-bond acceptors (Lipinski definition) is 4. The molecule has 1 aromatic heterocycles. The summed E-state index contributed by atoms with van der Waals surface area (Å²) in [7, 11) is 0. The van der Waals surface area contributed by atoms with Crippen molar-refractivity contribution >= 4 is 39.0 Å². The fraction of sp³-hybridized carbons (Fsp3) is 0.375. The number of halogens is 1. The summed E-state index contributed by atoms with van der Waals surface area (Å²) in [6.07, 6.45) is 4.63. The lowest BCUT2D eigenvalue weighted by Gasteiger charge is -2.38. The van der Waals surface area contributed by atoms with Gasteiger partial charge in [0.05, 0.1) is 5.69 Å². The molecule has 1 saturated heterocycles. The Labute approximate surface area is 186 Å². The molecule has 6 heteroatoms. The number of nitrogens with one attached hydrogen (secondary N) is 1. The molecule has 30 heavy (non-hydrogen) atoms. The lowest BCUT2D eigenvalue weighted by molar-refractivity contribution is -0.116. The topological polar surface area (TPSA) is 62.3 Å². The Hall–Kier alpha value is -2.47. The van der Waals surface area contributed by atoms with Crippen LogP contribution >= 0.6 is 15.9 Å². The number of benzene rings is 1. The van der Waals surface area contributed by atoms with Gasteiger partial charge < -0.3 is 10.2 Å². The number of rotatable bonds is 7. The third kappa shape index (κ3) is 5.79. The highest BCUT2D eigenvalue weighted by atomic mass is 79.9. The monoisotopic (exact) mass is 469 g/mol. The van der Waals surface area contributed by atoms with Gasteiger partial charge in [-0.15, -0.1) is 0 Å². The number of pyridine rings is 1. The molecule has 0 aliphatic carbocycles. The highest BCUT2D eigenvalue weighted by Gasteiger charge is 2.24. The van der Waals surface area contributed by atoms with Crippen LogP contribution in [-0.4, -0.2) is 34.7 Å². The number of nitrogens with zero attached hydrogens (tertiary/aromatic N) is 2. The average Bonchev–Trinajstić information content (AvgIpc) is 2.72. The normalized spacial score (nSPS) is 18.7. The summed E-state index contributed by atoms with van der Waals surface area (Å²) in [5.41, 5.74) is 3.05. The first-order valence-electron chi connectivity index (χ1n) is 10.3. The quantitative estimate of drug-likeness (QED) is 0.551. The summed E-state index contributed by atoms with van der Waals surface area (Å²) in [6, 6.07) is 9.19. The number of aromatic nitrogens is 1. The second kappa shape index (κ2) is 10.0.